The SMILES string of the molecule is C=CCCOc1cc(CN)ccc1OC. The molecule has 0 atom stereocenters. The predicted octanol–water partition coefficient (Wildman–Crippen LogP) is 2.11. The van der Waals surface area contributed by atoms with Crippen LogP contribution in [0.5, 0.6) is 11.5 Å². The molecule has 0 spiro atoms. The molecular weight excluding hydrogens is 190 g/mol. The number of hydrogen-bond donors (Lipinski definition) is 1. The summed E-state index contributed by atoms with van der Waals surface area (Å²) in [6.07, 6.45) is 2.63. The van der Waals surface area contributed by atoms with Crippen LogP contribution in [0.4, 0.5) is 0 Å². The maximum Gasteiger partial charge on any atom is 0.161 e. The van der Waals surface area contributed by atoms with Gasteiger partial charge in [0.2, 0.25) is 0 Å². The second kappa shape index (κ2) is 6.09. The summed E-state index contributed by atoms with van der Waals surface area (Å²) in [4.78, 5) is 0. The van der Waals surface area contributed by atoms with Crippen molar-refractivity contribution in [2.75, 3.05) is 13.7 Å². The fourth-order valence-electron chi connectivity index (χ4n) is 1.21. The zero-order chi connectivity index (χ0) is 11.1. The number of nitrogens with two attached hydrogens (primary N) is 1. The lowest BCUT2D eigenvalue weighted by atomic mass is 10.2. The Hall–Kier alpha value is -1.48. The average molecular weight is 207 g/mol. The Kier molecular flexibility index (Phi) is 4.71. The van der Waals surface area contributed by atoms with E-state index < -0.39 is 0 Å². The standard InChI is InChI=1S/C12H17NO2/c1-3-4-7-15-12-8-10(9-13)5-6-11(12)14-2/h3,5-6,8H,1,4,7,9,13H2,2H3. The summed E-state index contributed by atoms with van der Waals surface area (Å²) in [5, 5.41) is 0. The number of methoxy groups -OCH3 is 1. The van der Waals surface area contributed by atoms with Gasteiger partial charge in [-0.25, -0.2) is 0 Å². The molecule has 0 fully saturated rings. The van der Waals surface area contributed by atoms with E-state index in [1.807, 2.05) is 24.3 Å². The van der Waals surface area contributed by atoms with Gasteiger partial charge in [0.15, 0.2) is 11.5 Å². The third-order valence-electron chi connectivity index (χ3n) is 2.04. The van der Waals surface area contributed by atoms with Crippen LogP contribution in [-0.2, 0) is 6.54 Å². The molecule has 15 heavy (non-hydrogen) atoms. The van der Waals surface area contributed by atoms with Crippen LogP contribution >= 0.6 is 0 Å². The second-order valence-electron chi connectivity index (χ2n) is 3.12. The van der Waals surface area contributed by atoms with E-state index >= 15 is 0 Å². The largest absolute Gasteiger partial charge is 0.493 e. The summed E-state index contributed by atoms with van der Waals surface area (Å²) in [5.74, 6) is 1.47. The summed E-state index contributed by atoms with van der Waals surface area (Å²) in [7, 11) is 1.62. The molecule has 0 aliphatic heterocycles. The molecule has 0 amide bonds. The number of hydrogen-bond acceptors (Lipinski definition) is 3. The van der Waals surface area contributed by atoms with Gasteiger partial charge < -0.3 is 15.2 Å². The van der Waals surface area contributed by atoms with Gasteiger partial charge in [-0.1, -0.05) is 12.1 Å². The lowest BCUT2D eigenvalue weighted by Gasteiger charge is -2.11. The molecule has 3 nitrogen and oxygen atoms in total. The van der Waals surface area contributed by atoms with Gasteiger partial charge in [-0.3, -0.25) is 0 Å². The van der Waals surface area contributed by atoms with Gasteiger partial charge in [0.25, 0.3) is 0 Å². The summed E-state index contributed by atoms with van der Waals surface area (Å²) in [6, 6.07) is 5.70. The summed E-state index contributed by atoms with van der Waals surface area (Å²) in [5.41, 5.74) is 6.58. The fourth-order valence-corrected chi connectivity index (χ4v) is 1.21. The van der Waals surface area contributed by atoms with Crippen LogP contribution in [0.2, 0.25) is 0 Å². The van der Waals surface area contributed by atoms with Gasteiger partial charge in [-0.2, -0.15) is 0 Å². The van der Waals surface area contributed by atoms with E-state index in [2.05, 4.69) is 6.58 Å². The van der Waals surface area contributed by atoms with Gasteiger partial charge in [0, 0.05) is 6.54 Å². The Bertz CT molecular complexity index is 323. The van der Waals surface area contributed by atoms with Crippen molar-refractivity contribution in [3.8, 4) is 11.5 Å². The molecule has 0 radical (unpaired) electrons. The molecule has 0 unspecified atom stereocenters. The van der Waals surface area contributed by atoms with Crippen LogP contribution in [0, 0.1) is 0 Å². The number of benzene rings is 1. The Morgan fingerprint density at radius 1 is 1.40 bits per heavy atom. The van der Waals surface area contributed by atoms with Gasteiger partial charge in [0.1, 0.15) is 0 Å². The van der Waals surface area contributed by atoms with E-state index in [1.165, 1.54) is 0 Å². The maximum atomic E-state index is 5.56. The molecule has 0 bridgehead atoms. The Morgan fingerprint density at radius 2 is 2.20 bits per heavy atom. The van der Waals surface area contributed by atoms with Crippen molar-refractivity contribution >= 4 is 0 Å². The van der Waals surface area contributed by atoms with Crippen molar-refractivity contribution in [1.82, 2.24) is 0 Å². The molecule has 0 saturated carbocycles. The quantitative estimate of drug-likeness (QED) is 0.574. The van der Waals surface area contributed by atoms with Crippen LogP contribution in [-0.4, -0.2) is 13.7 Å². The molecule has 1 rings (SSSR count). The number of rotatable bonds is 6. The Morgan fingerprint density at radius 3 is 2.80 bits per heavy atom. The zero-order valence-electron chi connectivity index (χ0n) is 9.03. The third kappa shape index (κ3) is 3.29. The topological polar surface area (TPSA) is 44.5 Å². The molecule has 0 aromatic heterocycles. The van der Waals surface area contributed by atoms with Crippen LogP contribution < -0.4 is 15.2 Å². The first-order chi connectivity index (χ1) is 7.31. The van der Waals surface area contributed by atoms with E-state index in [0.717, 1.165) is 23.5 Å². The van der Waals surface area contributed by atoms with E-state index in [-0.39, 0.29) is 0 Å². The molecule has 3 heteroatoms. The highest BCUT2D eigenvalue weighted by Gasteiger charge is 2.04. The Balaban J connectivity index is 2.76. The molecule has 0 aliphatic rings. The number of ether oxygens (including phenoxy) is 2. The van der Waals surface area contributed by atoms with Gasteiger partial charge in [-0.15, -0.1) is 6.58 Å². The monoisotopic (exact) mass is 207 g/mol. The Labute approximate surface area is 90.5 Å². The molecule has 1 aromatic carbocycles. The highest BCUT2D eigenvalue weighted by Crippen LogP contribution is 2.27. The molecule has 0 aliphatic carbocycles. The molecular formula is C12H17NO2. The highest BCUT2D eigenvalue weighted by molar-refractivity contribution is 5.42. The summed E-state index contributed by atoms with van der Waals surface area (Å²) >= 11 is 0. The molecule has 82 valence electrons. The summed E-state index contributed by atoms with van der Waals surface area (Å²) < 4.78 is 10.7. The minimum Gasteiger partial charge on any atom is -0.493 e. The van der Waals surface area contributed by atoms with Crippen LogP contribution in [0.3, 0.4) is 0 Å². The second-order valence-corrected chi connectivity index (χ2v) is 3.12. The van der Waals surface area contributed by atoms with Crippen molar-refractivity contribution in [2.45, 2.75) is 13.0 Å². The molecule has 1 aromatic rings. The first-order valence-electron chi connectivity index (χ1n) is 4.92. The minimum absolute atomic E-state index is 0.502. The van der Waals surface area contributed by atoms with E-state index in [1.54, 1.807) is 7.11 Å². The smallest absolute Gasteiger partial charge is 0.161 e. The van der Waals surface area contributed by atoms with Crippen molar-refractivity contribution in [1.29, 1.82) is 0 Å². The predicted molar refractivity (Wildman–Crippen MR) is 61.2 cm³/mol. The van der Waals surface area contributed by atoms with E-state index in [9.17, 15) is 0 Å². The first-order valence-corrected chi connectivity index (χ1v) is 4.92. The molecule has 2 N–H and O–H groups in total. The third-order valence-corrected chi connectivity index (χ3v) is 2.04. The lowest BCUT2D eigenvalue weighted by Crippen LogP contribution is -2.01. The van der Waals surface area contributed by atoms with Crippen LogP contribution in [0.25, 0.3) is 0 Å². The highest BCUT2D eigenvalue weighted by atomic mass is 16.5. The van der Waals surface area contributed by atoms with Crippen LogP contribution in [0.1, 0.15) is 12.0 Å². The first kappa shape index (κ1) is 11.6. The normalized spacial score (nSPS) is 9.73. The molecule has 0 saturated heterocycles. The minimum atomic E-state index is 0.502. The van der Waals surface area contributed by atoms with Crippen molar-refractivity contribution in [2.24, 2.45) is 5.73 Å². The fraction of sp³-hybridized carbons (Fsp3) is 0.333. The van der Waals surface area contributed by atoms with Crippen molar-refractivity contribution < 1.29 is 9.47 Å². The van der Waals surface area contributed by atoms with Crippen molar-refractivity contribution in [3.63, 3.8) is 0 Å². The van der Waals surface area contributed by atoms with Crippen molar-refractivity contribution in [3.05, 3.63) is 36.4 Å². The van der Waals surface area contributed by atoms with Gasteiger partial charge in [-0.05, 0) is 24.1 Å². The van der Waals surface area contributed by atoms with E-state index in [0.29, 0.717) is 13.2 Å². The van der Waals surface area contributed by atoms with Gasteiger partial charge in [0.05, 0.1) is 13.7 Å². The zero-order valence-corrected chi connectivity index (χ0v) is 9.03. The lowest BCUT2D eigenvalue weighted by molar-refractivity contribution is 0.299. The van der Waals surface area contributed by atoms with Crippen LogP contribution in [0.15, 0.2) is 30.9 Å². The maximum absolute atomic E-state index is 5.56. The average Bonchev–Trinajstić information content (AvgIpc) is 2.29. The molecule has 0 heterocycles. The van der Waals surface area contributed by atoms with E-state index in [4.69, 9.17) is 15.2 Å². The summed E-state index contributed by atoms with van der Waals surface area (Å²) in [6.45, 7) is 4.74. The van der Waals surface area contributed by atoms with Gasteiger partial charge >= 0.3 is 0 Å².